The molecule has 94 valence electrons. The molecule has 2 nitrogen and oxygen atoms in total. The number of hydrogen-bond acceptors (Lipinski definition) is 2. The molecule has 0 N–H and O–H groups in total. The van der Waals surface area contributed by atoms with Crippen molar-refractivity contribution in [1.82, 2.24) is 0 Å². The third-order valence-electron chi connectivity index (χ3n) is 2.78. The van der Waals surface area contributed by atoms with Gasteiger partial charge in [0.2, 0.25) is 0 Å². The molecule has 0 atom stereocenters. The van der Waals surface area contributed by atoms with Crippen molar-refractivity contribution in [1.29, 1.82) is 0 Å². The van der Waals surface area contributed by atoms with Crippen LogP contribution in [0.2, 0.25) is 0 Å². The van der Waals surface area contributed by atoms with E-state index in [0.717, 1.165) is 22.5 Å². The van der Waals surface area contributed by atoms with Gasteiger partial charge in [-0.1, -0.05) is 46.3 Å². The predicted octanol–water partition coefficient (Wildman–Crippen LogP) is 4.21. The molecule has 18 heavy (non-hydrogen) atoms. The summed E-state index contributed by atoms with van der Waals surface area (Å²) in [6.45, 7) is 2.18. The van der Waals surface area contributed by atoms with Crippen LogP contribution in [0.15, 0.2) is 36.4 Å². The molecule has 0 unspecified atom stereocenters. The van der Waals surface area contributed by atoms with E-state index in [1.807, 2.05) is 36.4 Å². The van der Waals surface area contributed by atoms with E-state index in [1.165, 1.54) is 0 Å². The molecular formula is C15H15BrO2. The van der Waals surface area contributed by atoms with Gasteiger partial charge in [0.25, 0.3) is 0 Å². The largest absolute Gasteiger partial charge is 0.492 e. The fraction of sp³-hybridized carbons (Fsp3) is 0.267. The number of benzene rings is 2. The fourth-order valence-electron chi connectivity index (χ4n) is 1.90. The Hall–Kier alpha value is -1.35. The maximum atomic E-state index is 11.7. The van der Waals surface area contributed by atoms with Crippen LogP contribution in [0.4, 0.5) is 0 Å². The second-order valence-electron chi connectivity index (χ2n) is 4.11. The van der Waals surface area contributed by atoms with Crippen LogP contribution in [0, 0.1) is 0 Å². The molecule has 0 heterocycles. The third-order valence-corrected chi connectivity index (χ3v) is 3.34. The number of Topliss-reactive ketones (excluding diaryl/α,β-unsaturated/α-hetero) is 1. The van der Waals surface area contributed by atoms with Crippen LogP contribution in [0.1, 0.15) is 23.7 Å². The highest BCUT2D eigenvalue weighted by atomic mass is 79.9. The van der Waals surface area contributed by atoms with Crippen molar-refractivity contribution in [2.24, 2.45) is 0 Å². The van der Waals surface area contributed by atoms with Crippen LogP contribution in [-0.4, -0.2) is 17.7 Å². The van der Waals surface area contributed by atoms with Crippen LogP contribution < -0.4 is 4.74 Å². The zero-order valence-electron chi connectivity index (χ0n) is 10.3. The van der Waals surface area contributed by atoms with Gasteiger partial charge in [-0.25, -0.2) is 0 Å². The van der Waals surface area contributed by atoms with Crippen molar-refractivity contribution in [3.63, 3.8) is 0 Å². The van der Waals surface area contributed by atoms with Crippen molar-refractivity contribution in [3.05, 3.63) is 42.0 Å². The molecule has 0 aliphatic carbocycles. The molecule has 2 aromatic rings. The van der Waals surface area contributed by atoms with E-state index < -0.39 is 0 Å². The van der Waals surface area contributed by atoms with Crippen molar-refractivity contribution < 1.29 is 9.53 Å². The first-order chi connectivity index (χ1) is 8.74. The van der Waals surface area contributed by atoms with Crippen LogP contribution in [0.3, 0.4) is 0 Å². The summed E-state index contributed by atoms with van der Waals surface area (Å²) in [5.74, 6) is 0.746. The monoisotopic (exact) mass is 306 g/mol. The second kappa shape index (κ2) is 6.01. The summed E-state index contributed by atoms with van der Waals surface area (Å²) < 4.78 is 5.80. The molecule has 0 saturated heterocycles. The molecule has 2 aromatic carbocycles. The van der Waals surface area contributed by atoms with Gasteiger partial charge >= 0.3 is 0 Å². The molecule has 0 aliphatic rings. The molecule has 0 amide bonds. The van der Waals surface area contributed by atoms with Gasteiger partial charge < -0.3 is 4.74 Å². The zero-order chi connectivity index (χ0) is 13.0. The Morgan fingerprint density at radius 1 is 1.22 bits per heavy atom. The Morgan fingerprint density at radius 3 is 2.72 bits per heavy atom. The Labute approximate surface area is 115 Å². The van der Waals surface area contributed by atoms with E-state index in [4.69, 9.17) is 4.74 Å². The first-order valence-corrected chi connectivity index (χ1v) is 7.07. The SMILES string of the molecule is CC(=O)c1ccc2ccccc2c1OCCCBr. The van der Waals surface area contributed by atoms with Crippen LogP contribution in [-0.2, 0) is 0 Å². The first kappa shape index (κ1) is 13.1. The summed E-state index contributed by atoms with van der Waals surface area (Å²) in [6, 6.07) is 11.8. The van der Waals surface area contributed by atoms with Gasteiger partial charge in [0.1, 0.15) is 5.75 Å². The number of fused-ring (bicyclic) bond motifs is 1. The molecule has 0 aromatic heterocycles. The summed E-state index contributed by atoms with van der Waals surface area (Å²) in [5.41, 5.74) is 0.656. The molecule has 0 bridgehead atoms. The van der Waals surface area contributed by atoms with Crippen molar-refractivity contribution >= 4 is 32.5 Å². The molecule has 2 rings (SSSR count). The highest BCUT2D eigenvalue weighted by Crippen LogP contribution is 2.30. The van der Waals surface area contributed by atoms with Crippen molar-refractivity contribution in [3.8, 4) is 5.75 Å². The fourth-order valence-corrected chi connectivity index (χ4v) is 2.13. The molecular weight excluding hydrogens is 292 g/mol. The maximum Gasteiger partial charge on any atom is 0.163 e. The third kappa shape index (κ3) is 2.72. The number of halogens is 1. The van der Waals surface area contributed by atoms with Crippen LogP contribution in [0.25, 0.3) is 10.8 Å². The number of rotatable bonds is 5. The Morgan fingerprint density at radius 2 is 2.00 bits per heavy atom. The van der Waals surface area contributed by atoms with Gasteiger partial charge in [0.15, 0.2) is 5.78 Å². The normalized spacial score (nSPS) is 10.6. The molecule has 0 fully saturated rings. The van der Waals surface area contributed by atoms with Crippen LogP contribution in [0.5, 0.6) is 5.75 Å². The number of ketones is 1. The molecule has 0 saturated carbocycles. The first-order valence-electron chi connectivity index (χ1n) is 5.95. The van der Waals surface area contributed by atoms with Gasteiger partial charge in [-0.2, -0.15) is 0 Å². The number of carbonyl (C=O) groups is 1. The van der Waals surface area contributed by atoms with Gasteiger partial charge in [-0.05, 0) is 24.8 Å². The second-order valence-corrected chi connectivity index (χ2v) is 4.90. The topological polar surface area (TPSA) is 26.3 Å². The summed E-state index contributed by atoms with van der Waals surface area (Å²) in [5, 5.41) is 2.99. The maximum absolute atomic E-state index is 11.7. The van der Waals surface area contributed by atoms with Gasteiger partial charge in [0, 0.05) is 10.7 Å². The standard InChI is InChI=1S/C15H15BrO2/c1-11(17)13-8-7-12-5-2-3-6-14(12)15(13)18-10-4-9-16/h2-3,5-8H,4,9-10H2,1H3. The Balaban J connectivity index is 2.48. The summed E-state index contributed by atoms with van der Waals surface area (Å²) in [7, 11) is 0. The molecule has 0 radical (unpaired) electrons. The van der Waals surface area contributed by atoms with E-state index in [9.17, 15) is 4.79 Å². The van der Waals surface area contributed by atoms with E-state index in [-0.39, 0.29) is 5.78 Å². The molecule has 0 aliphatic heterocycles. The lowest BCUT2D eigenvalue weighted by molar-refractivity contribution is 0.101. The Kier molecular flexibility index (Phi) is 4.37. The number of carbonyl (C=O) groups excluding carboxylic acids is 1. The molecule has 3 heteroatoms. The number of hydrogen-bond donors (Lipinski definition) is 0. The lowest BCUT2D eigenvalue weighted by Gasteiger charge is -2.12. The van der Waals surface area contributed by atoms with E-state index in [2.05, 4.69) is 15.9 Å². The highest BCUT2D eigenvalue weighted by Gasteiger charge is 2.12. The van der Waals surface area contributed by atoms with Gasteiger partial charge in [-0.3, -0.25) is 4.79 Å². The smallest absolute Gasteiger partial charge is 0.163 e. The van der Waals surface area contributed by atoms with E-state index in [1.54, 1.807) is 6.92 Å². The van der Waals surface area contributed by atoms with Crippen molar-refractivity contribution in [2.75, 3.05) is 11.9 Å². The lowest BCUT2D eigenvalue weighted by Crippen LogP contribution is -2.04. The Bertz CT molecular complexity index is 563. The lowest BCUT2D eigenvalue weighted by atomic mass is 10.0. The zero-order valence-corrected chi connectivity index (χ0v) is 11.9. The number of ether oxygens (including phenoxy) is 1. The summed E-state index contributed by atoms with van der Waals surface area (Å²) >= 11 is 3.37. The molecule has 0 spiro atoms. The average molecular weight is 307 g/mol. The van der Waals surface area contributed by atoms with Crippen LogP contribution >= 0.6 is 15.9 Å². The van der Waals surface area contributed by atoms with E-state index in [0.29, 0.717) is 17.9 Å². The quantitative estimate of drug-likeness (QED) is 0.470. The minimum absolute atomic E-state index is 0.0367. The minimum atomic E-state index is 0.0367. The highest BCUT2D eigenvalue weighted by molar-refractivity contribution is 9.09. The average Bonchev–Trinajstić information content (AvgIpc) is 2.38. The number of alkyl halides is 1. The van der Waals surface area contributed by atoms with Crippen molar-refractivity contribution in [2.45, 2.75) is 13.3 Å². The summed E-state index contributed by atoms with van der Waals surface area (Å²) in [4.78, 5) is 11.7. The van der Waals surface area contributed by atoms with Gasteiger partial charge in [0.05, 0.1) is 12.2 Å². The summed E-state index contributed by atoms with van der Waals surface area (Å²) in [6.07, 6.45) is 0.917. The van der Waals surface area contributed by atoms with Gasteiger partial charge in [-0.15, -0.1) is 0 Å². The minimum Gasteiger partial charge on any atom is -0.492 e. The predicted molar refractivity (Wildman–Crippen MR) is 77.9 cm³/mol. The van der Waals surface area contributed by atoms with E-state index >= 15 is 0 Å².